The van der Waals surface area contributed by atoms with Gasteiger partial charge in [0.15, 0.2) is 6.29 Å². The second kappa shape index (κ2) is 7.28. The lowest BCUT2D eigenvalue weighted by atomic mass is 9.99. The van der Waals surface area contributed by atoms with Crippen LogP contribution in [0, 0.1) is 11.3 Å². The fourth-order valence-electron chi connectivity index (χ4n) is 2.25. The second-order valence-corrected chi connectivity index (χ2v) is 5.27. The van der Waals surface area contributed by atoms with Gasteiger partial charge in [-0.15, -0.1) is 11.8 Å². The third kappa shape index (κ3) is 3.27. The number of nitriles is 1. The Morgan fingerprint density at radius 3 is 2.24 bits per heavy atom. The van der Waals surface area contributed by atoms with Crippen molar-refractivity contribution in [1.29, 1.82) is 5.26 Å². The van der Waals surface area contributed by atoms with E-state index in [2.05, 4.69) is 6.07 Å². The van der Waals surface area contributed by atoms with E-state index in [0.717, 1.165) is 21.6 Å². The van der Waals surface area contributed by atoms with Crippen LogP contribution in [-0.2, 0) is 9.47 Å². The number of rotatable bonds is 5. The first-order chi connectivity index (χ1) is 10.2. The van der Waals surface area contributed by atoms with Gasteiger partial charge in [0.2, 0.25) is 0 Å². The molecule has 2 aromatic rings. The van der Waals surface area contributed by atoms with Gasteiger partial charge in [-0.05, 0) is 29.5 Å². The monoisotopic (exact) mass is 299 g/mol. The smallest absolute Gasteiger partial charge is 0.184 e. The van der Waals surface area contributed by atoms with Gasteiger partial charge in [0.25, 0.3) is 0 Å². The molecule has 3 nitrogen and oxygen atoms in total. The summed E-state index contributed by atoms with van der Waals surface area (Å²) in [6.07, 6.45) is 1.41. The normalized spacial score (nSPS) is 10.6. The highest BCUT2D eigenvalue weighted by molar-refractivity contribution is 7.98. The number of methoxy groups -OCH3 is 2. The van der Waals surface area contributed by atoms with Crippen LogP contribution in [0.3, 0.4) is 0 Å². The lowest BCUT2D eigenvalue weighted by molar-refractivity contribution is -0.106. The third-order valence-corrected chi connectivity index (χ3v) is 4.02. The molecule has 0 spiro atoms. The van der Waals surface area contributed by atoms with E-state index in [4.69, 9.17) is 9.47 Å². The number of hydrogen-bond donors (Lipinski definition) is 0. The first-order valence-corrected chi connectivity index (χ1v) is 7.70. The lowest BCUT2D eigenvalue weighted by Gasteiger charge is -2.18. The highest BCUT2D eigenvalue weighted by Crippen LogP contribution is 2.34. The summed E-state index contributed by atoms with van der Waals surface area (Å²) in [6.45, 7) is 0. The van der Waals surface area contributed by atoms with Gasteiger partial charge in [-0.3, -0.25) is 0 Å². The van der Waals surface area contributed by atoms with E-state index in [1.54, 1.807) is 26.0 Å². The molecule has 0 saturated carbocycles. The van der Waals surface area contributed by atoms with Gasteiger partial charge < -0.3 is 9.47 Å². The van der Waals surface area contributed by atoms with Gasteiger partial charge >= 0.3 is 0 Å². The zero-order valence-electron chi connectivity index (χ0n) is 12.3. The number of benzene rings is 2. The van der Waals surface area contributed by atoms with Crippen LogP contribution in [0.15, 0.2) is 47.4 Å². The summed E-state index contributed by atoms with van der Waals surface area (Å²) >= 11 is 1.55. The molecule has 0 aromatic heterocycles. The van der Waals surface area contributed by atoms with Crippen LogP contribution in [0.4, 0.5) is 0 Å². The van der Waals surface area contributed by atoms with Crippen molar-refractivity contribution < 1.29 is 9.47 Å². The predicted octanol–water partition coefficient (Wildman–Crippen LogP) is 4.24. The minimum absolute atomic E-state index is 0.547. The molecule has 0 N–H and O–H groups in total. The SMILES string of the molecule is COC(OC)c1cc(-c2ccccc2)cc(SC)c1C#N. The van der Waals surface area contributed by atoms with Crippen molar-refractivity contribution in [3.63, 3.8) is 0 Å². The summed E-state index contributed by atoms with van der Waals surface area (Å²) < 4.78 is 10.7. The summed E-state index contributed by atoms with van der Waals surface area (Å²) in [5, 5.41) is 9.46. The maximum absolute atomic E-state index is 9.46. The molecule has 0 aliphatic rings. The van der Waals surface area contributed by atoms with E-state index >= 15 is 0 Å². The van der Waals surface area contributed by atoms with Crippen molar-refractivity contribution in [2.45, 2.75) is 11.2 Å². The summed E-state index contributed by atoms with van der Waals surface area (Å²) in [5.41, 5.74) is 3.52. The van der Waals surface area contributed by atoms with Gasteiger partial charge in [-0.25, -0.2) is 0 Å². The third-order valence-electron chi connectivity index (χ3n) is 3.25. The molecule has 0 bridgehead atoms. The number of thioether (sulfide) groups is 1. The molecule has 108 valence electrons. The fraction of sp³-hybridized carbons (Fsp3) is 0.235. The molecule has 0 saturated heterocycles. The Bertz CT molecular complexity index is 646. The standard InChI is InChI=1S/C17H17NO2S/c1-19-17(20-2)14-9-13(12-7-5-4-6-8-12)10-16(21-3)15(14)11-18/h4-10,17H,1-3H3. The van der Waals surface area contributed by atoms with Gasteiger partial charge in [0.1, 0.15) is 6.07 Å². The number of hydrogen-bond acceptors (Lipinski definition) is 4. The van der Waals surface area contributed by atoms with E-state index in [9.17, 15) is 5.26 Å². The molecule has 0 aliphatic heterocycles. The minimum atomic E-state index is -0.547. The molecule has 4 heteroatoms. The predicted molar refractivity (Wildman–Crippen MR) is 85.1 cm³/mol. The Labute approximate surface area is 129 Å². The molecule has 21 heavy (non-hydrogen) atoms. The van der Waals surface area contributed by atoms with E-state index in [0.29, 0.717) is 5.56 Å². The Morgan fingerprint density at radius 2 is 1.71 bits per heavy atom. The number of ether oxygens (including phenoxy) is 2. The van der Waals surface area contributed by atoms with Crippen LogP contribution in [0.25, 0.3) is 11.1 Å². The molecule has 0 radical (unpaired) electrons. The average Bonchev–Trinajstić information content (AvgIpc) is 2.56. The van der Waals surface area contributed by atoms with Gasteiger partial charge in [0.05, 0.1) is 5.56 Å². The van der Waals surface area contributed by atoms with Crippen LogP contribution in [0.1, 0.15) is 17.4 Å². The van der Waals surface area contributed by atoms with Crippen LogP contribution >= 0.6 is 11.8 Å². The molecule has 0 atom stereocenters. The van der Waals surface area contributed by atoms with Crippen molar-refractivity contribution in [2.24, 2.45) is 0 Å². The Morgan fingerprint density at radius 1 is 1.05 bits per heavy atom. The van der Waals surface area contributed by atoms with Crippen LogP contribution in [0.5, 0.6) is 0 Å². The van der Waals surface area contributed by atoms with Gasteiger partial charge in [-0.1, -0.05) is 30.3 Å². The summed E-state index contributed by atoms with van der Waals surface area (Å²) in [7, 11) is 3.15. The Hall–Kier alpha value is -1.80. The van der Waals surface area contributed by atoms with Crippen LogP contribution < -0.4 is 0 Å². The zero-order valence-corrected chi connectivity index (χ0v) is 13.1. The van der Waals surface area contributed by atoms with Gasteiger partial charge in [0, 0.05) is 24.7 Å². The topological polar surface area (TPSA) is 42.2 Å². The summed E-state index contributed by atoms with van der Waals surface area (Å²) in [4.78, 5) is 0.924. The highest BCUT2D eigenvalue weighted by atomic mass is 32.2. The van der Waals surface area contributed by atoms with Crippen LogP contribution in [0.2, 0.25) is 0 Å². The minimum Gasteiger partial charge on any atom is -0.352 e. The molecular formula is C17H17NO2S. The fourth-order valence-corrected chi connectivity index (χ4v) is 2.86. The van der Waals surface area contributed by atoms with Gasteiger partial charge in [-0.2, -0.15) is 5.26 Å². The van der Waals surface area contributed by atoms with E-state index in [1.165, 1.54) is 0 Å². The first kappa shape index (κ1) is 15.6. The highest BCUT2D eigenvalue weighted by Gasteiger charge is 2.19. The summed E-state index contributed by atoms with van der Waals surface area (Å²) in [5.74, 6) is 0. The maximum Gasteiger partial charge on any atom is 0.184 e. The van der Waals surface area contributed by atoms with Crippen molar-refractivity contribution in [3.8, 4) is 17.2 Å². The molecule has 0 amide bonds. The molecule has 0 heterocycles. The molecule has 0 fully saturated rings. The Kier molecular flexibility index (Phi) is 5.40. The van der Waals surface area contributed by atoms with E-state index in [-0.39, 0.29) is 0 Å². The summed E-state index contributed by atoms with van der Waals surface area (Å²) in [6, 6.07) is 16.3. The molecule has 0 unspecified atom stereocenters. The number of nitrogens with zero attached hydrogens (tertiary/aromatic N) is 1. The first-order valence-electron chi connectivity index (χ1n) is 6.48. The zero-order chi connectivity index (χ0) is 15.2. The lowest BCUT2D eigenvalue weighted by Crippen LogP contribution is -2.07. The van der Waals surface area contributed by atoms with Crippen molar-refractivity contribution in [1.82, 2.24) is 0 Å². The van der Waals surface area contributed by atoms with Crippen molar-refractivity contribution in [2.75, 3.05) is 20.5 Å². The van der Waals surface area contributed by atoms with Crippen molar-refractivity contribution in [3.05, 3.63) is 53.6 Å². The quantitative estimate of drug-likeness (QED) is 0.612. The van der Waals surface area contributed by atoms with Crippen molar-refractivity contribution >= 4 is 11.8 Å². The average molecular weight is 299 g/mol. The molecule has 2 aromatic carbocycles. The second-order valence-electron chi connectivity index (χ2n) is 4.42. The molecule has 0 aliphatic carbocycles. The Balaban J connectivity index is 2.65. The maximum atomic E-state index is 9.46. The van der Waals surface area contributed by atoms with E-state index in [1.807, 2.05) is 48.7 Å². The largest absolute Gasteiger partial charge is 0.352 e. The molecule has 2 rings (SSSR count). The van der Waals surface area contributed by atoms with Crippen LogP contribution in [-0.4, -0.2) is 20.5 Å². The van der Waals surface area contributed by atoms with E-state index < -0.39 is 6.29 Å². The molecular weight excluding hydrogens is 282 g/mol.